The van der Waals surface area contributed by atoms with Crippen molar-refractivity contribution in [2.45, 2.75) is 13.2 Å². The zero-order valence-corrected chi connectivity index (χ0v) is 6.63. The largest absolute Gasteiger partial charge is 0.380 e. The fourth-order valence-corrected chi connectivity index (χ4v) is 0.873. The molecule has 0 spiro atoms. The first-order valence-electron chi connectivity index (χ1n) is 4.05. The van der Waals surface area contributed by atoms with Gasteiger partial charge in [-0.15, -0.1) is 0 Å². The van der Waals surface area contributed by atoms with Crippen LogP contribution in [0.2, 0.25) is 0 Å². The van der Waals surface area contributed by atoms with E-state index in [-0.39, 0.29) is 0 Å². The van der Waals surface area contributed by atoms with Crippen molar-refractivity contribution in [3.63, 3.8) is 0 Å². The molecule has 1 rings (SSSR count). The summed E-state index contributed by atoms with van der Waals surface area (Å²) in [6, 6.07) is 6.08. The molecule has 1 aromatic rings. The first kappa shape index (κ1) is 6.83. The minimum atomic E-state index is 0.423. The lowest BCUT2D eigenvalue weighted by atomic mass is 10.1. The first-order chi connectivity index (χ1) is 5.77. The number of rotatable bonds is 3. The number of ether oxygens (including phenoxy) is 1. The van der Waals surface area contributed by atoms with Crippen LogP contribution in [0, 0.1) is 0 Å². The second kappa shape index (κ2) is 4.11. The second-order valence-corrected chi connectivity index (χ2v) is 2.36. The lowest BCUT2D eigenvalue weighted by molar-refractivity contribution is 0.185. The molecule has 2 heteroatoms. The molecule has 0 unspecified atom stereocenters. The van der Waals surface area contributed by atoms with Gasteiger partial charge in [0.15, 0.2) is 0 Å². The van der Waals surface area contributed by atoms with Crippen molar-refractivity contribution in [1.29, 1.82) is 0 Å². The van der Waals surface area contributed by atoms with Gasteiger partial charge in [-0.3, -0.25) is 0 Å². The monoisotopic (exact) mass is 152 g/mol. The van der Waals surface area contributed by atoms with E-state index in [0.29, 0.717) is 19.2 Å². The van der Waals surface area contributed by atoms with E-state index in [1.807, 2.05) is 12.1 Å². The molecule has 60 valence electrons. The Morgan fingerprint density at radius 2 is 2.18 bits per heavy atom. The smallest absolute Gasteiger partial charge is 0.0713 e. The number of methoxy groups -OCH3 is 1. The number of hydrogen-bond acceptors (Lipinski definition) is 2. The molecule has 0 aliphatic rings. The van der Waals surface area contributed by atoms with Crippen LogP contribution in [0.1, 0.15) is 12.5 Å². The van der Waals surface area contributed by atoms with Crippen LogP contribution in [0.25, 0.3) is 0 Å². The summed E-state index contributed by atoms with van der Waals surface area (Å²) in [5, 5.41) is 0. The van der Waals surface area contributed by atoms with Gasteiger partial charge in [-0.05, 0) is 11.1 Å². The van der Waals surface area contributed by atoms with E-state index in [9.17, 15) is 0 Å². The molecule has 0 atom stereocenters. The molecule has 0 amide bonds. The van der Waals surface area contributed by atoms with Crippen molar-refractivity contribution in [3.8, 4) is 0 Å². The van der Waals surface area contributed by atoms with Crippen molar-refractivity contribution < 1.29 is 6.11 Å². The highest BCUT2D eigenvalue weighted by Gasteiger charge is 1.90. The van der Waals surface area contributed by atoms with Crippen LogP contribution in [0.4, 0.5) is 0 Å². The van der Waals surface area contributed by atoms with Gasteiger partial charge in [-0.2, -0.15) is 0 Å². The Morgan fingerprint density at radius 1 is 1.45 bits per heavy atom. The maximum Gasteiger partial charge on any atom is 0.0713 e. The first-order valence-corrected chi connectivity index (χ1v) is 3.55. The van der Waals surface area contributed by atoms with Gasteiger partial charge in [0.2, 0.25) is 0 Å². The molecule has 0 radical (unpaired) electrons. The zero-order valence-electron chi connectivity index (χ0n) is 7.63. The SMILES string of the molecule is [2H]c1cc(COC)ccc1CN. The van der Waals surface area contributed by atoms with Gasteiger partial charge in [0, 0.05) is 13.7 Å². The van der Waals surface area contributed by atoms with E-state index in [0.717, 1.165) is 11.1 Å². The van der Waals surface area contributed by atoms with Crippen LogP contribution in [0.15, 0.2) is 24.2 Å². The van der Waals surface area contributed by atoms with Crippen molar-refractivity contribution in [1.82, 2.24) is 0 Å². The number of hydrogen-bond donors (Lipinski definition) is 1. The maximum absolute atomic E-state index is 7.55. The van der Waals surface area contributed by atoms with Gasteiger partial charge in [-0.1, -0.05) is 24.2 Å². The summed E-state index contributed by atoms with van der Waals surface area (Å²) >= 11 is 0. The topological polar surface area (TPSA) is 35.2 Å². The Balaban J connectivity index is 2.86. The van der Waals surface area contributed by atoms with Crippen LogP contribution in [0.3, 0.4) is 0 Å². The van der Waals surface area contributed by atoms with Crippen molar-refractivity contribution in [2.75, 3.05) is 7.11 Å². The van der Waals surface area contributed by atoms with Gasteiger partial charge in [0.05, 0.1) is 7.98 Å². The molecular weight excluding hydrogens is 138 g/mol. The molecule has 2 N–H and O–H groups in total. The molecule has 0 bridgehead atoms. The summed E-state index contributed by atoms with van der Waals surface area (Å²) in [7, 11) is 1.64. The molecule has 0 fully saturated rings. The van der Waals surface area contributed by atoms with Crippen LogP contribution in [-0.4, -0.2) is 7.11 Å². The van der Waals surface area contributed by atoms with Crippen molar-refractivity contribution in [2.24, 2.45) is 5.73 Å². The Kier molecular flexibility index (Phi) is 2.55. The summed E-state index contributed by atoms with van der Waals surface area (Å²) in [6.45, 7) is 0.975. The van der Waals surface area contributed by atoms with Gasteiger partial charge in [0.25, 0.3) is 0 Å². The molecular formula is C9H13NO. The minimum absolute atomic E-state index is 0.423. The lowest BCUT2D eigenvalue weighted by Crippen LogP contribution is -1.96. The van der Waals surface area contributed by atoms with Gasteiger partial charge in [-0.25, -0.2) is 0 Å². The summed E-state index contributed by atoms with van der Waals surface area (Å²) in [6.07, 6.45) is 0. The third kappa shape index (κ3) is 2.33. The number of benzene rings is 1. The molecule has 2 nitrogen and oxygen atoms in total. The minimum Gasteiger partial charge on any atom is -0.380 e. The van der Waals surface area contributed by atoms with Gasteiger partial charge in [0.1, 0.15) is 0 Å². The Morgan fingerprint density at radius 3 is 2.73 bits per heavy atom. The highest BCUT2D eigenvalue weighted by atomic mass is 16.5. The average molecular weight is 152 g/mol. The van der Waals surface area contributed by atoms with Crippen LogP contribution in [-0.2, 0) is 17.9 Å². The van der Waals surface area contributed by atoms with Crippen LogP contribution < -0.4 is 5.73 Å². The number of nitrogens with two attached hydrogens (primary N) is 1. The predicted molar refractivity (Wildman–Crippen MR) is 45.0 cm³/mol. The third-order valence-corrected chi connectivity index (χ3v) is 1.47. The second-order valence-electron chi connectivity index (χ2n) is 2.36. The quantitative estimate of drug-likeness (QED) is 0.708. The molecule has 0 heterocycles. The highest BCUT2D eigenvalue weighted by Crippen LogP contribution is 2.04. The Labute approximate surface area is 68.4 Å². The van der Waals surface area contributed by atoms with Crippen molar-refractivity contribution >= 4 is 0 Å². The van der Waals surface area contributed by atoms with Crippen molar-refractivity contribution in [3.05, 3.63) is 35.4 Å². The molecule has 0 aliphatic heterocycles. The van der Waals surface area contributed by atoms with Gasteiger partial charge < -0.3 is 10.5 Å². The summed E-state index contributed by atoms with van der Waals surface area (Å²) in [5.74, 6) is 0. The van der Waals surface area contributed by atoms with E-state index in [1.165, 1.54) is 0 Å². The third-order valence-electron chi connectivity index (χ3n) is 1.47. The van der Waals surface area contributed by atoms with E-state index < -0.39 is 0 Å². The zero-order chi connectivity index (χ0) is 8.97. The normalized spacial score (nSPS) is 11.3. The van der Waals surface area contributed by atoms with Gasteiger partial charge >= 0.3 is 0 Å². The average Bonchev–Trinajstić information content (AvgIpc) is 2.05. The van der Waals surface area contributed by atoms with E-state index in [1.54, 1.807) is 13.2 Å². The van der Waals surface area contributed by atoms with E-state index >= 15 is 0 Å². The standard InChI is InChI=1S/C9H13NO/c1-11-7-9-4-2-8(6-10)3-5-9/h2-5H,6-7,10H2,1H3/i2D. The molecule has 0 saturated carbocycles. The van der Waals surface area contributed by atoms with Crippen LogP contribution >= 0.6 is 0 Å². The van der Waals surface area contributed by atoms with Crippen LogP contribution in [0.5, 0.6) is 0 Å². The summed E-state index contributed by atoms with van der Waals surface area (Å²) in [4.78, 5) is 0. The summed E-state index contributed by atoms with van der Waals surface area (Å²) < 4.78 is 12.5. The highest BCUT2D eigenvalue weighted by molar-refractivity contribution is 5.21. The Bertz CT molecular complexity index is 263. The predicted octanol–water partition coefficient (Wildman–Crippen LogP) is 1.29. The molecule has 0 saturated heterocycles. The molecule has 1 aromatic carbocycles. The van der Waals surface area contributed by atoms with E-state index in [4.69, 9.17) is 11.8 Å². The van der Waals surface area contributed by atoms with E-state index in [2.05, 4.69) is 0 Å². The maximum atomic E-state index is 7.55. The molecule has 11 heavy (non-hydrogen) atoms. The summed E-state index contributed by atoms with van der Waals surface area (Å²) in [5.41, 5.74) is 7.31. The lowest BCUT2D eigenvalue weighted by Gasteiger charge is -2.00. The fraction of sp³-hybridized carbons (Fsp3) is 0.333. The fourth-order valence-electron chi connectivity index (χ4n) is 0.873. The Hall–Kier alpha value is -0.860. The molecule has 0 aromatic heterocycles. The molecule has 0 aliphatic carbocycles.